The molecule has 0 radical (unpaired) electrons. The summed E-state index contributed by atoms with van der Waals surface area (Å²) < 4.78 is 91.5. The molecule has 5 rings (SSSR count). The first kappa shape index (κ1) is 29.5. The standard InChI is InChI=1S/C34H31F5O3/c1-3-5-6-7-20-8-14-26(41-19-20)25-13-11-21(28(35)30(25)37)9-10-22-17-24-18-23-12-15-27(40-16-4-2)31(38)33(23)42-34(24)32(39)29(22)36/h11-13,15,17,19,26H,3-8,14,16,18H2,1-2H3. The Kier molecular flexibility index (Phi) is 9.06. The molecule has 42 heavy (non-hydrogen) atoms. The van der Waals surface area contributed by atoms with E-state index >= 15 is 8.78 Å². The van der Waals surface area contributed by atoms with E-state index in [4.69, 9.17) is 14.2 Å². The number of hydrogen-bond donors (Lipinski definition) is 0. The molecule has 0 saturated carbocycles. The molecule has 3 aromatic carbocycles. The fourth-order valence-electron chi connectivity index (χ4n) is 5.13. The molecule has 3 nitrogen and oxygen atoms in total. The van der Waals surface area contributed by atoms with Gasteiger partial charge in [-0.3, -0.25) is 0 Å². The highest BCUT2D eigenvalue weighted by atomic mass is 19.2. The predicted molar refractivity (Wildman–Crippen MR) is 149 cm³/mol. The zero-order valence-electron chi connectivity index (χ0n) is 23.5. The lowest BCUT2D eigenvalue weighted by Crippen LogP contribution is -2.11. The summed E-state index contributed by atoms with van der Waals surface area (Å²) >= 11 is 0. The number of unbranched alkanes of at least 4 members (excludes halogenated alkanes) is 2. The summed E-state index contributed by atoms with van der Waals surface area (Å²) in [6, 6.07) is 7.03. The first-order valence-corrected chi connectivity index (χ1v) is 14.3. The summed E-state index contributed by atoms with van der Waals surface area (Å²) in [4.78, 5) is 0. The molecule has 0 bridgehead atoms. The Labute approximate surface area is 242 Å². The fraction of sp³-hybridized carbons (Fsp3) is 0.353. The van der Waals surface area contributed by atoms with Crippen LogP contribution in [-0.4, -0.2) is 6.61 Å². The molecule has 220 valence electrons. The van der Waals surface area contributed by atoms with Crippen LogP contribution < -0.4 is 9.47 Å². The summed E-state index contributed by atoms with van der Waals surface area (Å²) in [5.41, 5.74) is 1.24. The second-order valence-corrected chi connectivity index (χ2v) is 10.5. The van der Waals surface area contributed by atoms with Crippen molar-refractivity contribution >= 4 is 0 Å². The van der Waals surface area contributed by atoms with Crippen LogP contribution in [0.15, 0.2) is 42.2 Å². The molecule has 0 aromatic heterocycles. The average Bonchev–Trinajstić information content (AvgIpc) is 3.00. The fourth-order valence-corrected chi connectivity index (χ4v) is 5.13. The number of rotatable bonds is 8. The van der Waals surface area contributed by atoms with Crippen LogP contribution in [-0.2, 0) is 11.2 Å². The normalized spacial score (nSPS) is 15.4. The molecular weight excluding hydrogens is 551 g/mol. The molecule has 0 saturated heterocycles. The molecule has 3 aromatic rings. The molecule has 2 aliphatic heterocycles. The lowest BCUT2D eigenvalue weighted by molar-refractivity contribution is 0.115. The second-order valence-electron chi connectivity index (χ2n) is 10.5. The zero-order valence-corrected chi connectivity index (χ0v) is 23.5. The number of fused-ring (bicyclic) bond motifs is 2. The molecule has 2 heterocycles. The van der Waals surface area contributed by atoms with E-state index < -0.39 is 40.9 Å². The number of benzene rings is 3. The van der Waals surface area contributed by atoms with Gasteiger partial charge < -0.3 is 14.2 Å². The van der Waals surface area contributed by atoms with E-state index in [2.05, 4.69) is 18.8 Å². The monoisotopic (exact) mass is 582 g/mol. The van der Waals surface area contributed by atoms with Crippen molar-refractivity contribution in [2.24, 2.45) is 0 Å². The van der Waals surface area contributed by atoms with Gasteiger partial charge in [-0.25, -0.2) is 13.2 Å². The lowest BCUT2D eigenvalue weighted by atomic mass is 9.95. The highest BCUT2D eigenvalue weighted by Crippen LogP contribution is 2.43. The third kappa shape index (κ3) is 5.97. The van der Waals surface area contributed by atoms with Gasteiger partial charge in [-0.15, -0.1) is 0 Å². The number of hydrogen-bond acceptors (Lipinski definition) is 3. The van der Waals surface area contributed by atoms with E-state index in [0.29, 0.717) is 18.4 Å². The van der Waals surface area contributed by atoms with Crippen LogP contribution >= 0.6 is 0 Å². The quantitative estimate of drug-likeness (QED) is 0.118. The molecule has 0 spiro atoms. The van der Waals surface area contributed by atoms with E-state index in [1.165, 1.54) is 24.3 Å². The summed E-state index contributed by atoms with van der Waals surface area (Å²) in [5, 5.41) is 0. The van der Waals surface area contributed by atoms with Gasteiger partial charge in [-0.2, -0.15) is 8.78 Å². The van der Waals surface area contributed by atoms with Crippen LogP contribution in [0.25, 0.3) is 0 Å². The molecule has 0 aliphatic carbocycles. The van der Waals surface area contributed by atoms with Crippen molar-refractivity contribution in [1.82, 2.24) is 0 Å². The minimum atomic E-state index is -1.35. The first-order chi connectivity index (χ1) is 20.3. The molecule has 1 unspecified atom stereocenters. The van der Waals surface area contributed by atoms with Crippen molar-refractivity contribution in [2.45, 2.75) is 71.3 Å². The summed E-state index contributed by atoms with van der Waals surface area (Å²) in [6.45, 7) is 4.29. The molecule has 0 fully saturated rings. The number of allylic oxidation sites excluding steroid dienone is 1. The van der Waals surface area contributed by atoms with Gasteiger partial charge in [-0.1, -0.05) is 50.7 Å². The summed E-state index contributed by atoms with van der Waals surface area (Å²) in [6.07, 6.45) is 7.25. The van der Waals surface area contributed by atoms with Gasteiger partial charge >= 0.3 is 0 Å². The Morgan fingerprint density at radius 3 is 2.31 bits per heavy atom. The van der Waals surface area contributed by atoms with E-state index in [1.54, 1.807) is 12.3 Å². The second kappa shape index (κ2) is 12.9. The minimum absolute atomic E-state index is 0.0404. The van der Waals surface area contributed by atoms with Crippen molar-refractivity contribution in [3.8, 4) is 29.1 Å². The van der Waals surface area contributed by atoms with E-state index in [-0.39, 0.29) is 46.8 Å². The Morgan fingerprint density at radius 2 is 1.57 bits per heavy atom. The summed E-state index contributed by atoms with van der Waals surface area (Å²) in [5.74, 6) is -1.61. The largest absolute Gasteiger partial charge is 0.493 e. The van der Waals surface area contributed by atoms with Crippen LogP contribution in [0.4, 0.5) is 22.0 Å². The van der Waals surface area contributed by atoms with Gasteiger partial charge in [0, 0.05) is 23.1 Å². The molecular formula is C34H31F5O3. The third-order valence-electron chi connectivity index (χ3n) is 7.45. The van der Waals surface area contributed by atoms with E-state index in [0.717, 1.165) is 37.7 Å². The third-order valence-corrected chi connectivity index (χ3v) is 7.45. The van der Waals surface area contributed by atoms with Crippen molar-refractivity contribution < 1.29 is 36.2 Å². The van der Waals surface area contributed by atoms with E-state index in [9.17, 15) is 13.2 Å². The SMILES string of the molecule is CCCCCC1=COC(c2ccc(C#Cc3cc4c(c(F)c3F)Oc3c(ccc(OCCC)c3F)C4)c(F)c2F)CC1. The smallest absolute Gasteiger partial charge is 0.207 e. The predicted octanol–water partition coefficient (Wildman–Crippen LogP) is 9.58. The number of halogens is 5. The van der Waals surface area contributed by atoms with Crippen LogP contribution in [0.3, 0.4) is 0 Å². The van der Waals surface area contributed by atoms with Gasteiger partial charge in [0.15, 0.2) is 34.7 Å². The molecule has 0 amide bonds. The van der Waals surface area contributed by atoms with Crippen molar-refractivity contribution in [1.29, 1.82) is 0 Å². The molecule has 0 N–H and O–H groups in total. The Morgan fingerprint density at radius 1 is 0.810 bits per heavy atom. The molecule has 2 aliphatic rings. The van der Waals surface area contributed by atoms with Gasteiger partial charge in [0.1, 0.15) is 6.10 Å². The maximum atomic E-state index is 15.0. The van der Waals surface area contributed by atoms with Gasteiger partial charge in [0.2, 0.25) is 11.6 Å². The van der Waals surface area contributed by atoms with E-state index in [1.807, 2.05) is 6.92 Å². The topological polar surface area (TPSA) is 27.7 Å². The Hall–Kier alpha value is -3.99. The maximum absolute atomic E-state index is 15.0. The first-order valence-electron chi connectivity index (χ1n) is 14.3. The van der Waals surface area contributed by atoms with Gasteiger partial charge in [-0.05, 0) is 55.9 Å². The number of ether oxygens (including phenoxy) is 3. The Balaban J connectivity index is 1.36. The Bertz CT molecular complexity index is 1580. The van der Waals surface area contributed by atoms with Crippen LogP contribution in [0, 0.1) is 40.9 Å². The van der Waals surface area contributed by atoms with Gasteiger partial charge in [0.05, 0.1) is 24.0 Å². The van der Waals surface area contributed by atoms with Gasteiger partial charge in [0.25, 0.3) is 0 Å². The van der Waals surface area contributed by atoms with Crippen molar-refractivity contribution in [2.75, 3.05) is 6.61 Å². The zero-order chi connectivity index (χ0) is 29.8. The van der Waals surface area contributed by atoms with Crippen molar-refractivity contribution in [3.63, 3.8) is 0 Å². The molecule has 1 atom stereocenters. The highest BCUT2D eigenvalue weighted by molar-refractivity contribution is 5.57. The molecule has 8 heteroatoms. The highest BCUT2D eigenvalue weighted by Gasteiger charge is 2.29. The average molecular weight is 583 g/mol. The van der Waals surface area contributed by atoms with Crippen LogP contribution in [0.2, 0.25) is 0 Å². The van der Waals surface area contributed by atoms with Crippen LogP contribution in [0.5, 0.6) is 17.2 Å². The lowest BCUT2D eigenvalue weighted by Gasteiger charge is -2.24. The summed E-state index contributed by atoms with van der Waals surface area (Å²) in [7, 11) is 0. The van der Waals surface area contributed by atoms with Crippen LogP contribution in [0.1, 0.15) is 92.7 Å². The maximum Gasteiger partial charge on any atom is 0.207 e. The minimum Gasteiger partial charge on any atom is -0.493 e. The van der Waals surface area contributed by atoms with Crippen molar-refractivity contribution in [3.05, 3.63) is 99.1 Å².